The third kappa shape index (κ3) is 6.36. The molecule has 40 heavy (non-hydrogen) atoms. The maximum atomic E-state index is 13.2. The Labute approximate surface area is 236 Å². The molecule has 1 saturated heterocycles. The fourth-order valence-electron chi connectivity index (χ4n) is 4.97. The molecule has 1 unspecified atom stereocenters. The van der Waals surface area contributed by atoms with Gasteiger partial charge in [0.25, 0.3) is 0 Å². The minimum atomic E-state index is -0.774. The van der Waals surface area contributed by atoms with E-state index >= 15 is 0 Å². The molecule has 7 nitrogen and oxygen atoms in total. The van der Waals surface area contributed by atoms with Gasteiger partial charge in [-0.05, 0) is 68.0 Å². The quantitative estimate of drug-likeness (QED) is 0.246. The van der Waals surface area contributed by atoms with Crippen LogP contribution in [0.2, 0.25) is 0 Å². The fraction of sp³-hybridized carbons (Fsp3) is 0.364. The van der Waals surface area contributed by atoms with Gasteiger partial charge in [0.2, 0.25) is 5.91 Å². The smallest absolute Gasteiger partial charge is 0.327 e. The highest BCUT2D eigenvalue weighted by molar-refractivity contribution is 6.03. The van der Waals surface area contributed by atoms with Crippen LogP contribution in [-0.2, 0) is 27.3 Å². The minimum Gasteiger partial charge on any atom is -0.469 e. The van der Waals surface area contributed by atoms with E-state index in [9.17, 15) is 14.4 Å². The van der Waals surface area contributed by atoms with Gasteiger partial charge in [-0.2, -0.15) is 0 Å². The maximum Gasteiger partial charge on any atom is 0.327 e. The number of carbonyl (C=O) groups excluding carboxylic acids is 3. The monoisotopic (exact) mass is 542 g/mol. The van der Waals surface area contributed by atoms with Crippen molar-refractivity contribution < 1.29 is 23.9 Å². The molecule has 210 valence electrons. The number of urea groups is 1. The summed E-state index contributed by atoms with van der Waals surface area (Å²) in [6, 6.07) is 24.7. The van der Waals surface area contributed by atoms with E-state index in [1.54, 1.807) is 24.3 Å². The Morgan fingerprint density at radius 1 is 0.850 bits per heavy atom. The van der Waals surface area contributed by atoms with Gasteiger partial charge in [0.05, 0.1) is 6.42 Å². The number of rotatable bonds is 9. The average Bonchev–Trinajstić information content (AvgIpc) is 2.93. The van der Waals surface area contributed by atoms with E-state index in [-0.39, 0.29) is 24.8 Å². The van der Waals surface area contributed by atoms with E-state index in [1.165, 1.54) is 4.90 Å². The predicted octanol–water partition coefficient (Wildman–Crippen LogP) is 6.50. The van der Waals surface area contributed by atoms with Crippen LogP contribution in [0.3, 0.4) is 0 Å². The molecule has 1 heterocycles. The van der Waals surface area contributed by atoms with Crippen LogP contribution in [0.1, 0.15) is 58.6 Å². The van der Waals surface area contributed by atoms with Crippen molar-refractivity contribution in [3.8, 4) is 16.9 Å². The number of hydrogen-bond donors (Lipinski definition) is 1. The number of benzene rings is 3. The summed E-state index contributed by atoms with van der Waals surface area (Å²) in [7, 11) is 0. The number of carbonyl (C=O) groups is 3. The van der Waals surface area contributed by atoms with Crippen LogP contribution < -0.4 is 10.1 Å². The zero-order valence-corrected chi connectivity index (χ0v) is 23.9. The molecule has 1 N–H and O–H groups in total. The lowest BCUT2D eigenvalue weighted by Gasteiger charge is -2.53. The van der Waals surface area contributed by atoms with Crippen LogP contribution in [-0.4, -0.2) is 34.6 Å². The van der Waals surface area contributed by atoms with Crippen molar-refractivity contribution >= 4 is 17.9 Å². The van der Waals surface area contributed by atoms with E-state index in [0.717, 1.165) is 22.3 Å². The zero-order valence-electron chi connectivity index (χ0n) is 23.9. The van der Waals surface area contributed by atoms with E-state index in [0.29, 0.717) is 18.6 Å². The van der Waals surface area contributed by atoms with Gasteiger partial charge >= 0.3 is 12.0 Å². The van der Waals surface area contributed by atoms with Crippen LogP contribution >= 0.6 is 0 Å². The van der Waals surface area contributed by atoms with E-state index in [4.69, 9.17) is 9.47 Å². The number of nitrogens with zero attached hydrogens (tertiary/aromatic N) is 1. The van der Waals surface area contributed by atoms with Gasteiger partial charge in [-0.15, -0.1) is 0 Å². The number of nitrogens with one attached hydrogen (secondary N) is 1. The first-order chi connectivity index (χ1) is 19.1. The number of ether oxygens (including phenoxy) is 2. The lowest BCUT2D eigenvalue weighted by Crippen LogP contribution is -2.73. The molecule has 3 aromatic carbocycles. The summed E-state index contributed by atoms with van der Waals surface area (Å²) in [5.74, 6) is -0.0220. The lowest BCUT2D eigenvalue weighted by molar-refractivity contribution is -0.190. The molecule has 1 atom stereocenters. The largest absolute Gasteiger partial charge is 0.469 e. The fourth-order valence-corrected chi connectivity index (χ4v) is 4.97. The molecule has 3 aromatic rings. The first-order valence-electron chi connectivity index (χ1n) is 13.8. The second-order valence-electron chi connectivity index (χ2n) is 11.1. The van der Waals surface area contributed by atoms with Gasteiger partial charge in [-0.25, -0.2) is 9.69 Å². The third-order valence-corrected chi connectivity index (χ3v) is 7.28. The second kappa shape index (κ2) is 11.9. The zero-order chi connectivity index (χ0) is 28.9. The highest BCUT2D eigenvalue weighted by Crippen LogP contribution is 2.46. The van der Waals surface area contributed by atoms with Crippen molar-refractivity contribution in [1.29, 1.82) is 0 Å². The Hall–Kier alpha value is -4.13. The van der Waals surface area contributed by atoms with Crippen molar-refractivity contribution in [3.63, 3.8) is 0 Å². The number of imide groups is 1. The maximum absolute atomic E-state index is 13.2. The second-order valence-corrected chi connectivity index (χ2v) is 11.1. The minimum absolute atomic E-state index is 0.147. The first kappa shape index (κ1) is 28.9. The normalized spacial score (nSPS) is 16.2. The van der Waals surface area contributed by atoms with Crippen LogP contribution in [0.25, 0.3) is 11.1 Å². The number of likely N-dealkylation sites (tertiary alicyclic amines) is 1. The number of esters is 1. The number of amides is 3. The van der Waals surface area contributed by atoms with E-state index in [2.05, 4.69) is 17.4 Å². The summed E-state index contributed by atoms with van der Waals surface area (Å²) < 4.78 is 11.6. The Morgan fingerprint density at radius 2 is 1.43 bits per heavy atom. The predicted molar refractivity (Wildman–Crippen MR) is 154 cm³/mol. The number of β-lactam (4-membered cyclic amide) rings is 1. The van der Waals surface area contributed by atoms with Gasteiger partial charge in [0.1, 0.15) is 16.8 Å². The summed E-state index contributed by atoms with van der Waals surface area (Å²) in [6.07, 6.45) is 0.518. The van der Waals surface area contributed by atoms with Crippen LogP contribution in [0.5, 0.6) is 5.75 Å². The van der Waals surface area contributed by atoms with Crippen LogP contribution in [0.15, 0.2) is 78.9 Å². The summed E-state index contributed by atoms with van der Waals surface area (Å²) in [5.41, 5.74) is 2.61. The molecule has 1 aliphatic heterocycles. The van der Waals surface area contributed by atoms with Gasteiger partial charge < -0.3 is 14.8 Å². The molecule has 0 bridgehead atoms. The van der Waals surface area contributed by atoms with Crippen molar-refractivity contribution in [3.05, 3.63) is 90.0 Å². The summed E-state index contributed by atoms with van der Waals surface area (Å²) >= 11 is 0. The highest BCUT2D eigenvalue weighted by Gasteiger charge is 2.62. The molecule has 0 radical (unpaired) electrons. The Morgan fingerprint density at radius 3 is 2.00 bits per heavy atom. The summed E-state index contributed by atoms with van der Waals surface area (Å²) in [4.78, 5) is 39.7. The van der Waals surface area contributed by atoms with Crippen molar-refractivity contribution in [2.75, 3.05) is 0 Å². The molecule has 1 fully saturated rings. The SMILES string of the molecule is CCC1(CC)C(=O)N(C(=O)NCc2ccc(-c3ccccc3)cc2)C1Oc1ccc(CC(=O)OC(C)(C)C)cc1. The standard InChI is InChI=1S/C33H38N2O5/c1-6-33(7-2)29(37)35(30(33)39-27-19-15-23(16-20-27)21-28(36)40-32(3,4)5)31(38)34-22-24-13-17-26(18-14-24)25-11-9-8-10-12-25/h8-20,30H,6-7,21-22H2,1-5H3,(H,34,38). The van der Waals surface area contributed by atoms with Crippen molar-refractivity contribution in [1.82, 2.24) is 10.2 Å². The molecular weight excluding hydrogens is 504 g/mol. The molecule has 1 aliphatic rings. The van der Waals surface area contributed by atoms with E-state index < -0.39 is 23.3 Å². The lowest BCUT2D eigenvalue weighted by atomic mass is 9.72. The molecule has 3 amide bonds. The average molecular weight is 543 g/mol. The third-order valence-electron chi connectivity index (χ3n) is 7.28. The molecular formula is C33H38N2O5. The number of hydrogen-bond acceptors (Lipinski definition) is 5. The Bertz CT molecular complexity index is 1320. The molecule has 0 aliphatic carbocycles. The Balaban J connectivity index is 1.41. The van der Waals surface area contributed by atoms with E-state index in [1.807, 2.05) is 77.1 Å². The highest BCUT2D eigenvalue weighted by atomic mass is 16.6. The van der Waals surface area contributed by atoms with Gasteiger partial charge in [-0.3, -0.25) is 9.59 Å². The van der Waals surface area contributed by atoms with Gasteiger partial charge in [0.15, 0.2) is 6.23 Å². The molecule has 0 spiro atoms. The van der Waals surface area contributed by atoms with Crippen molar-refractivity contribution in [2.45, 2.75) is 72.3 Å². The molecule has 4 rings (SSSR count). The molecule has 0 saturated carbocycles. The summed E-state index contributed by atoms with van der Waals surface area (Å²) in [6.45, 7) is 9.66. The summed E-state index contributed by atoms with van der Waals surface area (Å²) in [5, 5.41) is 2.88. The first-order valence-corrected chi connectivity index (χ1v) is 13.8. The topological polar surface area (TPSA) is 84.9 Å². The molecule has 0 aromatic heterocycles. The van der Waals surface area contributed by atoms with Crippen molar-refractivity contribution in [2.24, 2.45) is 5.41 Å². The Kier molecular flexibility index (Phi) is 8.62. The molecule has 7 heteroatoms. The van der Waals surface area contributed by atoms with Gasteiger partial charge in [-0.1, -0.05) is 80.6 Å². The van der Waals surface area contributed by atoms with Crippen LogP contribution in [0, 0.1) is 5.41 Å². The van der Waals surface area contributed by atoms with Crippen LogP contribution in [0.4, 0.5) is 4.79 Å². The van der Waals surface area contributed by atoms with Gasteiger partial charge in [0, 0.05) is 6.54 Å².